The second kappa shape index (κ2) is 9.20. The largest absolute Gasteiger partial charge is 0.507 e. The number of carbonyl (C=O) groups excluding carboxylic acids is 1. The van der Waals surface area contributed by atoms with E-state index >= 15 is 0 Å². The molecule has 1 amide bonds. The van der Waals surface area contributed by atoms with Crippen LogP contribution in [0.2, 0.25) is 10.0 Å². The number of nitrogens with zero attached hydrogens (tertiary/aromatic N) is 2. The third-order valence-corrected chi connectivity index (χ3v) is 5.71. The van der Waals surface area contributed by atoms with Gasteiger partial charge in [-0.2, -0.15) is 10.2 Å². The summed E-state index contributed by atoms with van der Waals surface area (Å²) in [6, 6.07) is 10.4. The van der Waals surface area contributed by atoms with Crippen LogP contribution in [0.1, 0.15) is 68.7 Å². The van der Waals surface area contributed by atoms with E-state index in [0.29, 0.717) is 27.1 Å². The lowest BCUT2D eigenvalue weighted by Crippen LogP contribution is -2.19. The van der Waals surface area contributed by atoms with Gasteiger partial charge >= 0.3 is 0 Å². The number of aromatic hydroxyl groups is 1. The van der Waals surface area contributed by atoms with Gasteiger partial charge in [-0.15, -0.1) is 0 Å². The fraction of sp³-hybridized carbons (Fsp3) is 0.320. The summed E-state index contributed by atoms with van der Waals surface area (Å²) in [6.07, 6.45) is 1.56. The standard InChI is InChI=1S/C25H28Cl2N4O2/c1-24(2,3)17-9-14(10-18(22(17)32)25(4,5)6)13-28-31-23(33)21-12-20(29-30-21)16-8-7-15(26)11-19(16)27/h7-13,32H,1-6H3,(H,29,30)(H,31,33)/b28-13+. The second-order valence-corrected chi connectivity index (χ2v) is 10.8. The van der Waals surface area contributed by atoms with Gasteiger partial charge in [0, 0.05) is 21.7 Å². The molecule has 1 heterocycles. The minimum Gasteiger partial charge on any atom is -0.507 e. The predicted molar refractivity (Wildman–Crippen MR) is 135 cm³/mol. The molecule has 174 valence electrons. The lowest BCUT2D eigenvalue weighted by atomic mass is 9.78. The number of phenolic OH excluding ortho intramolecular Hbond substituents is 1. The smallest absolute Gasteiger partial charge is 0.289 e. The lowest BCUT2D eigenvalue weighted by molar-refractivity contribution is 0.0950. The van der Waals surface area contributed by atoms with Gasteiger partial charge in [-0.05, 0) is 52.8 Å². The van der Waals surface area contributed by atoms with E-state index in [-0.39, 0.29) is 16.5 Å². The molecular weight excluding hydrogens is 459 g/mol. The summed E-state index contributed by atoms with van der Waals surface area (Å²) < 4.78 is 0. The second-order valence-electron chi connectivity index (χ2n) is 9.95. The average Bonchev–Trinajstić information content (AvgIpc) is 3.17. The van der Waals surface area contributed by atoms with E-state index in [4.69, 9.17) is 23.2 Å². The molecule has 3 N–H and O–H groups in total. The number of hydrogen-bond acceptors (Lipinski definition) is 4. The Morgan fingerprint density at radius 3 is 2.18 bits per heavy atom. The van der Waals surface area contributed by atoms with Crippen LogP contribution in [0, 0.1) is 0 Å². The number of hydrazone groups is 1. The Morgan fingerprint density at radius 1 is 1.03 bits per heavy atom. The number of hydrogen-bond donors (Lipinski definition) is 3. The monoisotopic (exact) mass is 486 g/mol. The van der Waals surface area contributed by atoms with Gasteiger partial charge in [0.15, 0.2) is 0 Å². The van der Waals surface area contributed by atoms with Crippen molar-refractivity contribution >= 4 is 35.3 Å². The number of amides is 1. The molecular formula is C25H28Cl2N4O2. The summed E-state index contributed by atoms with van der Waals surface area (Å²) >= 11 is 12.2. The van der Waals surface area contributed by atoms with E-state index in [9.17, 15) is 9.90 Å². The molecule has 3 rings (SSSR count). The van der Waals surface area contributed by atoms with Crippen LogP contribution >= 0.6 is 23.2 Å². The average molecular weight is 487 g/mol. The first kappa shape index (κ1) is 24.8. The zero-order valence-electron chi connectivity index (χ0n) is 19.5. The maximum atomic E-state index is 12.5. The molecule has 0 radical (unpaired) electrons. The number of nitrogens with one attached hydrogen (secondary N) is 2. The molecule has 0 spiro atoms. The Kier molecular flexibility index (Phi) is 6.91. The molecule has 33 heavy (non-hydrogen) atoms. The number of carbonyl (C=O) groups is 1. The molecule has 0 aliphatic heterocycles. The quantitative estimate of drug-likeness (QED) is 0.292. The number of halogens is 2. The third kappa shape index (κ3) is 5.75. The first-order valence-corrected chi connectivity index (χ1v) is 11.2. The predicted octanol–water partition coefficient (Wildman–Crippen LogP) is 6.45. The lowest BCUT2D eigenvalue weighted by Gasteiger charge is -2.27. The molecule has 0 aliphatic rings. The number of aromatic nitrogens is 2. The Bertz CT molecular complexity index is 1180. The molecule has 3 aromatic rings. The maximum Gasteiger partial charge on any atom is 0.289 e. The van der Waals surface area contributed by atoms with Gasteiger partial charge in [0.25, 0.3) is 5.91 Å². The normalized spacial score (nSPS) is 12.4. The van der Waals surface area contributed by atoms with Crippen molar-refractivity contribution in [1.82, 2.24) is 15.6 Å². The Balaban J connectivity index is 1.82. The van der Waals surface area contributed by atoms with Crippen LogP contribution in [-0.2, 0) is 10.8 Å². The first-order valence-electron chi connectivity index (χ1n) is 10.5. The molecule has 8 heteroatoms. The SMILES string of the molecule is CC(C)(C)c1cc(/C=N/NC(=O)c2cc(-c3ccc(Cl)cc3Cl)n[nH]2)cc(C(C)(C)C)c1O. The fourth-order valence-corrected chi connectivity index (χ4v) is 3.88. The number of benzene rings is 2. The van der Waals surface area contributed by atoms with Crippen molar-refractivity contribution in [3.8, 4) is 17.0 Å². The molecule has 6 nitrogen and oxygen atoms in total. The topological polar surface area (TPSA) is 90.4 Å². The number of aromatic amines is 1. The van der Waals surface area contributed by atoms with Gasteiger partial charge in [0.2, 0.25) is 0 Å². The van der Waals surface area contributed by atoms with Crippen molar-refractivity contribution in [1.29, 1.82) is 0 Å². The zero-order chi connectivity index (χ0) is 24.6. The Morgan fingerprint density at radius 2 is 1.64 bits per heavy atom. The molecule has 0 fully saturated rings. The van der Waals surface area contributed by atoms with E-state index in [1.165, 1.54) is 0 Å². The van der Waals surface area contributed by atoms with Gasteiger partial charge in [-0.25, -0.2) is 5.43 Å². The summed E-state index contributed by atoms with van der Waals surface area (Å²) in [6.45, 7) is 12.2. The minimum absolute atomic E-state index is 0.240. The molecule has 1 aromatic heterocycles. The third-order valence-electron chi connectivity index (χ3n) is 5.16. The van der Waals surface area contributed by atoms with Crippen LogP contribution in [0.5, 0.6) is 5.75 Å². The highest BCUT2D eigenvalue weighted by Gasteiger charge is 2.26. The summed E-state index contributed by atoms with van der Waals surface area (Å²) in [4.78, 5) is 12.5. The molecule has 0 saturated carbocycles. The summed E-state index contributed by atoms with van der Waals surface area (Å²) in [5.41, 5.74) is 5.84. The fourth-order valence-electron chi connectivity index (χ4n) is 3.37. The van der Waals surface area contributed by atoms with Crippen molar-refractivity contribution in [2.75, 3.05) is 0 Å². The highest BCUT2D eigenvalue weighted by atomic mass is 35.5. The van der Waals surface area contributed by atoms with E-state index < -0.39 is 5.91 Å². The van der Waals surface area contributed by atoms with E-state index in [0.717, 1.165) is 16.7 Å². The van der Waals surface area contributed by atoms with Crippen LogP contribution in [0.25, 0.3) is 11.3 Å². The first-order chi connectivity index (χ1) is 15.3. The summed E-state index contributed by atoms with van der Waals surface area (Å²) in [7, 11) is 0. The van der Waals surface area contributed by atoms with Gasteiger partial charge < -0.3 is 5.11 Å². The maximum absolute atomic E-state index is 12.5. The van der Waals surface area contributed by atoms with Gasteiger partial charge in [-0.3, -0.25) is 9.89 Å². The minimum atomic E-state index is -0.444. The van der Waals surface area contributed by atoms with E-state index in [1.54, 1.807) is 30.5 Å². The number of rotatable bonds is 4. The van der Waals surface area contributed by atoms with Gasteiger partial charge in [-0.1, -0.05) is 64.7 Å². The highest BCUT2D eigenvalue weighted by molar-refractivity contribution is 6.36. The van der Waals surface area contributed by atoms with Crippen molar-refractivity contribution in [2.24, 2.45) is 5.10 Å². The molecule has 2 aromatic carbocycles. The Hall–Kier alpha value is -2.83. The van der Waals surface area contributed by atoms with Crippen LogP contribution in [-0.4, -0.2) is 27.4 Å². The van der Waals surface area contributed by atoms with Crippen LogP contribution < -0.4 is 5.43 Å². The van der Waals surface area contributed by atoms with Crippen molar-refractivity contribution < 1.29 is 9.90 Å². The van der Waals surface area contributed by atoms with Crippen LogP contribution in [0.4, 0.5) is 0 Å². The number of H-pyrrole nitrogens is 1. The van der Waals surface area contributed by atoms with Crippen molar-refractivity contribution in [2.45, 2.75) is 52.4 Å². The molecule has 0 atom stereocenters. The summed E-state index contributed by atoms with van der Waals surface area (Å²) in [5, 5.41) is 22.8. The van der Waals surface area contributed by atoms with Crippen molar-refractivity contribution in [3.63, 3.8) is 0 Å². The highest BCUT2D eigenvalue weighted by Crippen LogP contribution is 2.39. The summed E-state index contributed by atoms with van der Waals surface area (Å²) in [5.74, 6) is -0.150. The van der Waals surface area contributed by atoms with Crippen LogP contribution in [0.15, 0.2) is 41.5 Å². The molecule has 0 bridgehead atoms. The van der Waals surface area contributed by atoms with Gasteiger partial charge in [0.05, 0.1) is 16.9 Å². The van der Waals surface area contributed by atoms with E-state index in [1.807, 2.05) is 53.7 Å². The zero-order valence-corrected chi connectivity index (χ0v) is 21.1. The van der Waals surface area contributed by atoms with E-state index in [2.05, 4.69) is 20.7 Å². The number of phenols is 1. The molecule has 0 unspecified atom stereocenters. The van der Waals surface area contributed by atoms with Crippen molar-refractivity contribution in [3.05, 3.63) is 68.8 Å². The molecule has 0 saturated heterocycles. The van der Waals surface area contributed by atoms with Gasteiger partial charge in [0.1, 0.15) is 11.4 Å². The van der Waals surface area contributed by atoms with Crippen LogP contribution in [0.3, 0.4) is 0 Å². The Labute approximate surface area is 204 Å². The molecule has 0 aliphatic carbocycles.